The Balaban J connectivity index is 2.18. The maximum atomic E-state index is 10.7. The molecule has 0 saturated carbocycles. The Kier molecular flexibility index (Phi) is 3.97. The maximum absolute atomic E-state index is 10.7. The van der Waals surface area contributed by atoms with Gasteiger partial charge in [-0.3, -0.25) is 4.79 Å². The molecule has 1 N–H and O–H groups in total. The van der Waals surface area contributed by atoms with E-state index in [1.807, 2.05) is 12.1 Å². The van der Waals surface area contributed by atoms with Gasteiger partial charge in [-0.2, -0.15) is 0 Å². The van der Waals surface area contributed by atoms with Crippen molar-refractivity contribution in [3.05, 3.63) is 21.3 Å². The second-order valence-corrected chi connectivity index (χ2v) is 5.12. The van der Waals surface area contributed by atoms with Gasteiger partial charge in [0, 0.05) is 9.49 Å². The summed E-state index contributed by atoms with van der Waals surface area (Å²) in [5.74, 6) is 2.74. The average Bonchev–Trinajstić information content (AvgIpc) is 2.74. The molecule has 0 aliphatic carbocycles. The highest BCUT2D eigenvalue weighted by Gasteiger charge is 2.19. The highest BCUT2D eigenvalue weighted by atomic mass is 127. The van der Waals surface area contributed by atoms with Crippen LogP contribution in [-0.4, -0.2) is 17.9 Å². The van der Waals surface area contributed by atoms with Gasteiger partial charge >= 0.3 is 5.97 Å². The summed E-state index contributed by atoms with van der Waals surface area (Å²) >= 11 is 2.19. The van der Waals surface area contributed by atoms with Crippen molar-refractivity contribution in [3.8, 4) is 23.8 Å². The van der Waals surface area contributed by atoms with Gasteiger partial charge in [0.25, 0.3) is 0 Å². The van der Waals surface area contributed by atoms with Gasteiger partial charge in [-0.05, 0) is 46.7 Å². The molecule has 0 fully saturated rings. The highest BCUT2D eigenvalue weighted by Crippen LogP contribution is 2.36. The third-order valence-electron chi connectivity index (χ3n) is 2.66. The molecule has 0 amide bonds. The monoisotopic (exact) mass is 358 g/mol. The molecule has 18 heavy (non-hydrogen) atoms. The second-order valence-electron chi connectivity index (χ2n) is 3.96. The molecule has 1 atom stereocenters. The molecule has 1 aliphatic rings. The van der Waals surface area contributed by atoms with Crippen LogP contribution in [0.25, 0.3) is 0 Å². The van der Waals surface area contributed by atoms with Crippen molar-refractivity contribution < 1.29 is 19.4 Å². The van der Waals surface area contributed by atoms with Crippen molar-refractivity contribution >= 4 is 28.6 Å². The van der Waals surface area contributed by atoms with Gasteiger partial charge in [-0.25, -0.2) is 0 Å². The third-order valence-corrected chi connectivity index (χ3v) is 3.67. The smallest absolute Gasteiger partial charge is 0.304 e. The number of carboxylic acid groups (broad SMARTS) is 1. The lowest BCUT2D eigenvalue weighted by Gasteiger charge is -2.10. The number of terminal acetylenes is 1. The van der Waals surface area contributed by atoms with Gasteiger partial charge in [0.05, 0.1) is 6.42 Å². The van der Waals surface area contributed by atoms with E-state index >= 15 is 0 Å². The van der Waals surface area contributed by atoms with Crippen molar-refractivity contribution in [3.63, 3.8) is 0 Å². The van der Waals surface area contributed by atoms with Crippen LogP contribution < -0.4 is 9.47 Å². The number of carboxylic acids is 1. The topological polar surface area (TPSA) is 55.8 Å². The molecule has 0 bridgehead atoms. The molecule has 2 rings (SSSR count). The molecular formula is C13H11IO4. The molecule has 0 saturated heterocycles. The summed E-state index contributed by atoms with van der Waals surface area (Å²) in [6.45, 7) is 0.225. The van der Waals surface area contributed by atoms with Crippen LogP contribution in [0.4, 0.5) is 0 Å². The lowest BCUT2D eigenvalue weighted by atomic mass is 9.97. The summed E-state index contributed by atoms with van der Waals surface area (Å²) in [4.78, 5) is 10.7. The fraction of sp³-hybridized carbons (Fsp3) is 0.308. The van der Waals surface area contributed by atoms with Crippen LogP contribution in [0.2, 0.25) is 0 Å². The van der Waals surface area contributed by atoms with E-state index in [9.17, 15) is 4.79 Å². The minimum absolute atomic E-state index is 0.0268. The van der Waals surface area contributed by atoms with Crippen LogP contribution in [0.5, 0.6) is 11.5 Å². The number of rotatable bonds is 4. The first kappa shape index (κ1) is 13.0. The van der Waals surface area contributed by atoms with Gasteiger partial charge in [0.2, 0.25) is 6.79 Å². The van der Waals surface area contributed by atoms with Crippen molar-refractivity contribution in [2.75, 3.05) is 6.79 Å². The standard InChI is InChI=1S/C13H11IO4/c1-2-8(4-13(15)16)3-9-5-11-12(6-10(9)14)18-7-17-11/h1,5-6,8H,3-4,7H2,(H,15,16). The zero-order chi connectivity index (χ0) is 13.1. The molecular weight excluding hydrogens is 347 g/mol. The summed E-state index contributed by atoms with van der Waals surface area (Å²) in [6, 6.07) is 3.75. The van der Waals surface area contributed by atoms with E-state index < -0.39 is 5.97 Å². The van der Waals surface area contributed by atoms with Crippen LogP contribution >= 0.6 is 22.6 Å². The number of hydrogen-bond acceptors (Lipinski definition) is 3. The van der Waals surface area contributed by atoms with E-state index in [-0.39, 0.29) is 19.1 Å². The van der Waals surface area contributed by atoms with Crippen LogP contribution in [0.15, 0.2) is 12.1 Å². The first-order valence-electron chi connectivity index (χ1n) is 5.36. The first-order valence-corrected chi connectivity index (χ1v) is 6.44. The van der Waals surface area contributed by atoms with Crippen molar-refractivity contribution in [2.24, 2.45) is 5.92 Å². The Bertz CT molecular complexity index is 518. The first-order chi connectivity index (χ1) is 8.60. The molecule has 0 radical (unpaired) electrons. The summed E-state index contributed by atoms with van der Waals surface area (Å²) in [5.41, 5.74) is 0.990. The normalized spacial score (nSPS) is 14.0. The van der Waals surface area contributed by atoms with Gasteiger partial charge in [0.15, 0.2) is 11.5 Å². The zero-order valence-corrected chi connectivity index (χ0v) is 11.6. The number of benzene rings is 1. The van der Waals surface area contributed by atoms with Crippen LogP contribution in [0.3, 0.4) is 0 Å². The Hall–Kier alpha value is -1.42. The minimum atomic E-state index is -0.881. The Morgan fingerprint density at radius 3 is 2.78 bits per heavy atom. The summed E-state index contributed by atoms with van der Waals surface area (Å²) in [6.07, 6.45) is 5.86. The number of aliphatic carboxylic acids is 1. The van der Waals surface area contributed by atoms with Gasteiger partial charge in [0.1, 0.15) is 0 Å². The molecule has 5 heteroatoms. The predicted octanol–water partition coefficient (Wildman–Crippen LogP) is 2.29. The molecule has 1 aromatic carbocycles. The Labute approximate surface area is 118 Å². The van der Waals surface area contributed by atoms with Crippen LogP contribution in [0, 0.1) is 21.8 Å². The number of hydrogen-bond donors (Lipinski definition) is 1. The van der Waals surface area contributed by atoms with E-state index in [1.54, 1.807) is 0 Å². The van der Waals surface area contributed by atoms with E-state index in [2.05, 4.69) is 28.5 Å². The summed E-state index contributed by atoms with van der Waals surface area (Å²) < 4.78 is 11.6. The minimum Gasteiger partial charge on any atom is -0.481 e. The molecule has 1 heterocycles. The zero-order valence-electron chi connectivity index (χ0n) is 9.48. The van der Waals surface area contributed by atoms with E-state index in [4.69, 9.17) is 21.0 Å². The summed E-state index contributed by atoms with van der Waals surface area (Å²) in [5, 5.41) is 8.78. The fourth-order valence-electron chi connectivity index (χ4n) is 1.78. The third kappa shape index (κ3) is 2.88. The van der Waals surface area contributed by atoms with Crippen molar-refractivity contribution in [1.82, 2.24) is 0 Å². The van der Waals surface area contributed by atoms with E-state index in [0.29, 0.717) is 12.2 Å². The van der Waals surface area contributed by atoms with Crippen LogP contribution in [-0.2, 0) is 11.2 Å². The molecule has 94 valence electrons. The SMILES string of the molecule is C#CC(CC(=O)O)Cc1cc2c(cc1I)OCO2. The Morgan fingerprint density at radius 2 is 2.17 bits per heavy atom. The molecule has 0 aromatic heterocycles. The summed E-state index contributed by atoms with van der Waals surface area (Å²) in [7, 11) is 0. The van der Waals surface area contributed by atoms with E-state index in [0.717, 1.165) is 14.9 Å². The van der Waals surface area contributed by atoms with Gasteiger partial charge < -0.3 is 14.6 Å². The largest absolute Gasteiger partial charge is 0.481 e. The molecule has 1 aromatic rings. The van der Waals surface area contributed by atoms with Gasteiger partial charge in [-0.15, -0.1) is 12.3 Å². The predicted molar refractivity (Wildman–Crippen MR) is 73.6 cm³/mol. The molecule has 4 nitrogen and oxygen atoms in total. The lowest BCUT2D eigenvalue weighted by Crippen LogP contribution is -2.09. The van der Waals surface area contributed by atoms with Crippen LogP contribution in [0.1, 0.15) is 12.0 Å². The number of fused-ring (bicyclic) bond motifs is 1. The van der Waals surface area contributed by atoms with E-state index in [1.165, 1.54) is 0 Å². The average molecular weight is 358 g/mol. The number of ether oxygens (including phenoxy) is 2. The number of halogens is 1. The maximum Gasteiger partial charge on any atom is 0.304 e. The molecule has 1 aliphatic heterocycles. The highest BCUT2D eigenvalue weighted by molar-refractivity contribution is 14.1. The molecule has 1 unspecified atom stereocenters. The fourth-order valence-corrected chi connectivity index (χ4v) is 2.44. The second kappa shape index (κ2) is 5.48. The Morgan fingerprint density at radius 1 is 1.50 bits per heavy atom. The lowest BCUT2D eigenvalue weighted by molar-refractivity contribution is -0.137. The molecule has 0 spiro atoms. The quantitative estimate of drug-likeness (QED) is 0.663. The van der Waals surface area contributed by atoms with Crippen molar-refractivity contribution in [2.45, 2.75) is 12.8 Å². The van der Waals surface area contributed by atoms with Crippen molar-refractivity contribution in [1.29, 1.82) is 0 Å². The number of carbonyl (C=O) groups is 1. The van der Waals surface area contributed by atoms with Gasteiger partial charge in [-0.1, -0.05) is 0 Å².